The smallest absolute Gasteiger partial charge is 0.328 e. The molecule has 0 aliphatic heterocycles. The number of nitrogens with one attached hydrogen (secondary N) is 1. The van der Waals surface area contributed by atoms with Crippen molar-refractivity contribution in [3.05, 3.63) is 36.2 Å². The Labute approximate surface area is 135 Å². The number of carbonyl (C=O) groups is 2. The van der Waals surface area contributed by atoms with Gasteiger partial charge in [0.1, 0.15) is 13.0 Å². The van der Waals surface area contributed by atoms with Crippen molar-refractivity contribution in [2.45, 2.75) is 18.1 Å². The second-order valence-corrected chi connectivity index (χ2v) is 5.66. The van der Waals surface area contributed by atoms with Gasteiger partial charge in [0, 0.05) is 5.69 Å². The summed E-state index contributed by atoms with van der Waals surface area (Å²) in [6.07, 6.45) is 1.52. The molecule has 0 aliphatic carbocycles. The Morgan fingerprint density at radius 1 is 1.39 bits per heavy atom. The number of rotatable bonds is 7. The van der Waals surface area contributed by atoms with Gasteiger partial charge in [0.2, 0.25) is 5.91 Å². The molecule has 0 aliphatic rings. The summed E-state index contributed by atoms with van der Waals surface area (Å²) in [7, 11) is 0. The maximum absolute atomic E-state index is 12.5. The van der Waals surface area contributed by atoms with Crippen LogP contribution in [0.3, 0.4) is 0 Å². The van der Waals surface area contributed by atoms with Gasteiger partial charge in [-0.15, -0.1) is 10.2 Å². The van der Waals surface area contributed by atoms with Gasteiger partial charge in [-0.3, -0.25) is 9.36 Å². The molecular formula is C14H15FN4O3S. The molecule has 7 nitrogen and oxygen atoms in total. The second-order valence-electron chi connectivity index (χ2n) is 4.72. The van der Waals surface area contributed by atoms with E-state index in [9.17, 15) is 14.0 Å². The molecule has 0 saturated carbocycles. The molecule has 1 amide bonds. The van der Waals surface area contributed by atoms with E-state index < -0.39 is 24.6 Å². The molecule has 0 bridgehead atoms. The molecular weight excluding hydrogens is 323 g/mol. The Balaban J connectivity index is 1.99. The lowest BCUT2D eigenvalue weighted by Gasteiger charge is -2.10. The molecule has 2 rings (SSSR count). The van der Waals surface area contributed by atoms with Crippen LogP contribution in [-0.4, -0.2) is 50.2 Å². The Morgan fingerprint density at radius 2 is 2.09 bits per heavy atom. The highest BCUT2D eigenvalue weighted by Gasteiger charge is 2.20. The van der Waals surface area contributed by atoms with Gasteiger partial charge in [0.15, 0.2) is 11.2 Å². The van der Waals surface area contributed by atoms with Gasteiger partial charge in [0.25, 0.3) is 0 Å². The number of benzene rings is 1. The van der Waals surface area contributed by atoms with E-state index in [4.69, 9.17) is 5.11 Å². The molecule has 9 heteroatoms. The van der Waals surface area contributed by atoms with E-state index in [2.05, 4.69) is 15.5 Å². The summed E-state index contributed by atoms with van der Waals surface area (Å²) in [5, 5.41) is 19.0. The molecule has 1 aromatic heterocycles. The minimum Gasteiger partial charge on any atom is -0.480 e. The Bertz CT molecular complexity index is 690. The van der Waals surface area contributed by atoms with E-state index in [0.717, 1.165) is 23.0 Å². The van der Waals surface area contributed by atoms with Crippen LogP contribution in [0.2, 0.25) is 0 Å². The normalized spacial score (nSPS) is 11.9. The third-order valence-corrected chi connectivity index (χ3v) is 3.89. The third-order valence-electron chi connectivity index (χ3n) is 2.95. The minimum atomic E-state index is -1.53. The molecule has 2 aromatic rings. The van der Waals surface area contributed by atoms with Crippen molar-refractivity contribution in [3.8, 4) is 5.69 Å². The van der Waals surface area contributed by atoms with Gasteiger partial charge in [-0.1, -0.05) is 29.5 Å². The largest absolute Gasteiger partial charge is 0.480 e. The highest BCUT2D eigenvalue weighted by molar-refractivity contribution is 7.99. The van der Waals surface area contributed by atoms with Crippen LogP contribution < -0.4 is 5.32 Å². The number of carbonyl (C=O) groups excluding carboxylic acids is 1. The van der Waals surface area contributed by atoms with Gasteiger partial charge >= 0.3 is 5.97 Å². The van der Waals surface area contributed by atoms with E-state index in [1.54, 1.807) is 4.57 Å². The fourth-order valence-electron chi connectivity index (χ4n) is 1.74. The molecule has 1 atom stereocenters. The van der Waals surface area contributed by atoms with Crippen molar-refractivity contribution >= 4 is 23.6 Å². The molecule has 1 heterocycles. The summed E-state index contributed by atoms with van der Waals surface area (Å²) in [5.74, 6) is -2.08. The number of nitrogens with zero attached hydrogens (tertiary/aromatic N) is 3. The molecule has 0 radical (unpaired) electrons. The summed E-state index contributed by atoms with van der Waals surface area (Å²) in [4.78, 5) is 22.4. The van der Waals surface area contributed by atoms with Crippen LogP contribution in [-0.2, 0) is 9.59 Å². The van der Waals surface area contributed by atoms with Crippen LogP contribution in [0.15, 0.2) is 35.7 Å². The number of amides is 1. The van der Waals surface area contributed by atoms with Gasteiger partial charge in [0.05, 0.1) is 5.75 Å². The number of hydrogen-bond acceptors (Lipinski definition) is 5. The maximum Gasteiger partial charge on any atom is 0.328 e. The number of carboxylic acids is 1. The number of thioether (sulfide) groups is 1. The zero-order valence-corrected chi connectivity index (χ0v) is 13.1. The average Bonchev–Trinajstić information content (AvgIpc) is 2.99. The van der Waals surface area contributed by atoms with Crippen molar-refractivity contribution in [2.24, 2.45) is 0 Å². The Kier molecular flexibility index (Phi) is 5.69. The van der Waals surface area contributed by atoms with Crippen LogP contribution in [0.1, 0.15) is 5.56 Å². The first-order valence-electron chi connectivity index (χ1n) is 6.69. The second kappa shape index (κ2) is 7.73. The number of aromatic nitrogens is 3. The number of carboxylic acid groups (broad SMARTS) is 1. The van der Waals surface area contributed by atoms with Gasteiger partial charge in [-0.2, -0.15) is 0 Å². The zero-order chi connectivity index (χ0) is 16.8. The van der Waals surface area contributed by atoms with E-state index in [-0.39, 0.29) is 5.75 Å². The predicted molar refractivity (Wildman–Crippen MR) is 82.4 cm³/mol. The molecule has 1 unspecified atom stereocenters. The number of halogens is 1. The van der Waals surface area contributed by atoms with E-state index in [0.29, 0.717) is 5.16 Å². The molecule has 23 heavy (non-hydrogen) atoms. The van der Waals surface area contributed by atoms with E-state index in [1.165, 1.54) is 6.33 Å². The summed E-state index contributed by atoms with van der Waals surface area (Å²) in [6.45, 7) is 0.810. The number of aryl methyl sites for hydroxylation is 1. The van der Waals surface area contributed by atoms with Crippen molar-refractivity contribution in [3.63, 3.8) is 0 Å². The SMILES string of the molecule is Cc1ccc(-n2cnnc2SCC(=O)NC(CF)C(=O)O)cc1. The molecule has 0 fully saturated rings. The van der Waals surface area contributed by atoms with Crippen LogP contribution in [0.5, 0.6) is 0 Å². The standard InChI is InChI=1S/C14H15FN4O3S/c1-9-2-4-10(5-3-9)19-8-16-18-14(19)23-7-12(20)17-11(6-15)13(21)22/h2-5,8,11H,6-7H2,1H3,(H,17,20)(H,21,22). The number of alkyl halides is 1. The van der Waals surface area contributed by atoms with Gasteiger partial charge < -0.3 is 10.4 Å². The third kappa shape index (κ3) is 4.52. The maximum atomic E-state index is 12.5. The minimum absolute atomic E-state index is 0.0890. The Hall–Kier alpha value is -2.42. The van der Waals surface area contributed by atoms with Crippen molar-refractivity contribution in [1.82, 2.24) is 20.1 Å². The predicted octanol–water partition coefficient (Wildman–Crippen LogP) is 1.21. The lowest BCUT2D eigenvalue weighted by Crippen LogP contribution is -2.43. The van der Waals surface area contributed by atoms with Crippen LogP contribution in [0, 0.1) is 6.92 Å². The summed E-state index contributed by atoms with van der Waals surface area (Å²) in [6, 6.07) is 6.14. The van der Waals surface area contributed by atoms with Crippen LogP contribution in [0.25, 0.3) is 5.69 Å². The Morgan fingerprint density at radius 3 is 2.70 bits per heavy atom. The first kappa shape index (κ1) is 16.9. The lowest BCUT2D eigenvalue weighted by atomic mass is 10.2. The van der Waals surface area contributed by atoms with Gasteiger partial charge in [-0.25, -0.2) is 9.18 Å². The molecule has 122 valence electrons. The summed E-state index contributed by atoms with van der Waals surface area (Å²) >= 11 is 1.09. The fourth-order valence-corrected chi connectivity index (χ4v) is 2.48. The van der Waals surface area contributed by atoms with Crippen LogP contribution in [0.4, 0.5) is 4.39 Å². The van der Waals surface area contributed by atoms with Crippen molar-refractivity contribution in [1.29, 1.82) is 0 Å². The molecule has 2 N–H and O–H groups in total. The zero-order valence-electron chi connectivity index (χ0n) is 12.3. The molecule has 0 spiro atoms. The first-order chi connectivity index (χ1) is 11.0. The van der Waals surface area contributed by atoms with E-state index in [1.807, 2.05) is 31.2 Å². The quantitative estimate of drug-likeness (QED) is 0.737. The lowest BCUT2D eigenvalue weighted by molar-refractivity contribution is -0.141. The number of hydrogen-bond donors (Lipinski definition) is 2. The summed E-state index contributed by atoms with van der Waals surface area (Å²) < 4.78 is 14.2. The number of aliphatic carboxylic acids is 1. The molecule has 1 aromatic carbocycles. The fraction of sp³-hybridized carbons (Fsp3) is 0.286. The average molecular weight is 338 g/mol. The van der Waals surface area contributed by atoms with Gasteiger partial charge in [-0.05, 0) is 19.1 Å². The highest BCUT2D eigenvalue weighted by Crippen LogP contribution is 2.19. The van der Waals surface area contributed by atoms with Crippen LogP contribution >= 0.6 is 11.8 Å². The first-order valence-corrected chi connectivity index (χ1v) is 7.68. The van der Waals surface area contributed by atoms with Crippen molar-refractivity contribution < 1.29 is 19.1 Å². The topological polar surface area (TPSA) is 97.1 Å². The summed E-state index contributed by atoms with van der Waals surface area (Å²) in [5.41, 5.74) is 1.96. The molecule has 0 saturated heterocycles. The van der Waals surface area contributed by atoms with Crippen molar-refractivity contribution in [2.75, 3.05) is 12.4 Å². The van der Waals surface area contributed by atoms with E-state index >= 15 is 0 Å². The highest BCUT2D eigenvalue weighted by atomic mass is 32.2. The monoisotopic (exact) mass is 338 g/mol.